The highest BCUT2D eigenvalue weighted by Gasteiger charge is 2.45. The molecule has 3 aromatic rings. The van der Waals surface area contributed by atoms with E-state index in [4.69, 9.17) is 4.74 Å². The number of Topliss-reactive ketones (excluding diaryl/α,β-unsaturated/α-hetero) is 1. The van der Waals surface area contributed by atoms with Gasteiger partial charge in [-0.1, -0.05) is 36.4 Å². The first kappa shape index (κ1) is 25.6. The molecule has 0 aromatic heterocycles. The van der Waals surface area contributed by atoms with Crippen molar-refractivity contribution in [3.63, 3.8) is 0 Å². The van der Waals surface area contributed by atoms with E-state index in [1.807, 2.05) is 85.7 Å². The number of aryl methyl sites for hydroxylation is 2. The number of fused-ring (bicyclic) bond motifs is 1. The zero-order chi connectivity index (χ0) is 26.8. The Morgan fingerprint density at radius 1 is 0.947 bits per heavy atom. The first-order valence-electron chi connectivity index (χ1n) is 13.2. The van der Waals surface area contributed by atoms with Crippen molar-refractivity contribution in [2.75, 3.05) is 32.6 Å². The van der Waals surface area contributed by atoms with Gasteiger partial charge in [-0.3, -0.25) is 9.59 Å². The second kappa shape index (κ2) is 10.7. The van der Waals surface area contributed by atoms with Crippen molar-refractivity contribution in [1.29, 1.82) is 0 Å². The van der Waals surface area contributed by atoms with Crippen molar-refractivity contribution < 1.29 is 19.4 Å². The number of aliphatic hydroxyl groups excluding tert-OH is 1. The molecule has 1 atom stereocenters. The molecule has 1 saturated heterocycles. The summed E-state index contributed by atoms with van der Waals surface area (Å²) in [5, 5.41) is 11.5. The number of aliphatic hydroxyl groups is 1. The van der Waals surface area contributed by atoms with E-state index in [1.165, 1.54) is 17.5 Å². The Hall–Kier alpha value is -4.06. The minimum Gasteiger partial charge on any atom is -0.507 e. The highest BCUT2D eigenvalue weighted by Crippen LogP contribution is 2.40. The summed E-state index contributed by atoms with van der Waals surface area (Å²) in [5.41, 5.74) is 6.09. The SMILES string of the molecule is COc1ccc(CCN2C(=O)C(=O)/C(=C(\O)c3ccc4c(c3)CCCC4)C2c2ccc(N(C)C)cc2)cc1. The Morgan fingerprint density at radius 3 is 2.29 bits per heavy atom. The van der Waals surface area contributed by atoms with Crippen LogP contribution >= 0.6 is 0 Å². The van der Waals surface area contributed by atoms with Gasteiger partial charge in [0, 0.05) is 31.9 Å². The molecule has 3 aromatic carbocycles. The fraction of sp³-hybridized carbons (Fsp3) is 0.312. The van der Waals surface area contributed by atoms with Gasteiger partial charge in [-0.05, 0) is 84.7 Å². The van der Waals surface area contributed by atoms with Gasteiger partial charge >= 0.3 is 0 Å². The molecule has 1 N–H and O–H groups in total. The van der Waals surface area contributed by atoms with E-state index in [2.05, 4.69) is 0 Å². The number of amides is 1. The number of methoxy groups -OCH3 is 1. The lowest BCUT2D eigenvalue weighted by Gasteiger charge is -2.26. The molecular formula is C32H34N2O4. The number of anilines is 1. The lowest BCUT2D eigenvalue weighted by Crippen LogP contribution is -2.31. The molecule has 0 saturated carbocycles. The fourth-order valence-corrected chi connectivity index (χ4v) is 5.49. The number of ether oxygens (including phenoxy) is 1. The molecule has 1 amide bonds. The van der Waals surface area contributed by atoms with Crippen LogP contribution in [0.25, 0.3) is 5.76 Å². The zero-order valence-corrected chi connectivity index (χ0v) is 22.2. The number of hydrogen-bond donors (Lipinski definition) is 1. The van der Waals surface area contributed by atoms with E-state index in [1.54, 1.807) is 12.0 Å². The Kier molecular flexibility index (Phi) is 7.23. The Bertz CT molecular complexity index is 1370. The largest absolute Gasteiger partial charge is 0.507 e. The summed E-state index contributed by atoms with van der Waals surface area (Å²) in [6.45, 7) is 0.345. The van der Waals surface area contributed by atoms with Crippen LogP contribution in [-0.2, 0) is 28.9 Å². The molecule has 196 valence electrons. The molecule has 1 aliphatic carbocycles. The van der Waals surface area contributed by atoms with Crippen molar-refractivity contribution in [2.45, 2.75) is 38.1 Å². The number of likely N-dealkylation sites (tertiary alicyclic amines) is 1. The van der Waals surface area contributed by atoms with Crippen LogP contribution in [-0.4, -0.2) is 49.4 Å². The van der Waals surface area contributed by atoms with Gasteiger partial charge in [0.05, 0.1) is 18.7 Å². The lowest BCUT2D eigenvalue weighted by molar-refractivity contribution is -0.139. The first-order chi connectivity index (χ1) is 18.4. The molecule has 6 nitrogen and oxygen atoms in total. The number of hydrogen-bond acceptors (Lipinski definition) is 5. The van der Waals surface area contributed by atoms with Gasteiger partial charge in [0.2, 0.25) is 0 Å². The van der Waals surface area contributed by atoms with Gasteiger partial charge in [-0.25, -0.2) is 0 Å². The van der Waals surface area contributed by atoms with Crippen LogP contribution in [0.15, 0.2) is 72.3 Å². The van der Waals surface area contributed by atoms with E-state index in [0.29, 0.717) is 18.5 Å². The quantitative estimate of drug-likeness (QED) is 0.265. The molecule has 0 bridgehead atoms. The minimum absolute atomic E-state index is 0.106. The Balaban J connectivity index is 1.54. The maximum atomic E-state index is 13.4. The predicted octanol–water partition coefficient (Wildman–Crippen LogP) is 5.30. The van der Waals surface area contributed by atoms with Crippen LogP contribution in [0, 0.1) is 0 Å². The third-order valence-electron chi connectivity index (χ3n) is 7.69. The maximum absolute atomic E-state index is 13.4. The van der Waals surface area contributed by atoms with Crippen LogP contribution in [0.3, 0.4) is 0 Å². The number of ketones is 1. The van der Waals surface area contributed by atoms with Crippen LogP contribution < -0.4 is 9.64 Å². The van der Waals surface area contributed by atoms with E-state index in [9.17, 15) is 14.7 Å². The summed E-state index contributed by atoms with van der Waals surface area (Å²) in [7, 11) is 5.55. The highest BCUT2D eigenvalue weighted by atomic mass is 16.5. The van der Waals surface area contributed by atoms with Gasteiger partial charge in [-0.2, -0.15) is 0 Å². The van der Waals surface area contributed by atoms with E-state index in [0.717, 1.165) is 41.8 Å². The van der Waals surface area contributed by atoms with Gasteiger partial charge < -0.3 is 19.6 Å². The molecular weight excluding hydrogens is 476 g/mol. The van der Waals surface area contributed by atoms with E-state index >= 15 is 0 Å². The molecule has 1 aliphatic heterocycles. The Morgan fingerprint density at radius 2 is 1.63 bits per heavy atom. The summed E-state index contributed by atoms with van der Waals surface area (Å²) in [4.78, 5) is 30.4. The normalized spacial score (nSPS) is 18.4. The molecule has 2 aliphatic rings. The number of carbonyl (C=O) groups excluding carboxylic acids is 2. The van der Waals surface area contributed by atoms with Crippen molar-refractivity contribution >= 4 is 23.1 Å². The summed E-state index contributed by atoms with van der Waals surface area (Å²) in [6.07, 6.45) is 4.85. The standard InChI is InChI=1S/C32H34N2O4/c1-33(2)26-14-12-23(13-15-26)29-28(30(35)25-11-10-22-6-4-5-7-24(22)20-25)31(36)32(37)34(29)19-18-21-8-16-27(38-3)17-9-21/h8-17,20,29,35H,4-7,18-19H2,1-3H3/b30-28-. The summed E-state index contributed by atoms with van der Waals surface area (Å²) < 4.78 is 5.25. The second-order valence-corrected chi connectivity index (χ2v) is 10.3. The molecule has 1 unspecified atom stereocenters. The van der Waals surface area contributed by atoms with Crippen LogP contribution in [0.2, 0.25) is 0 Å². The number of rotatable bonds is 7. The third kappa shape index (κ3) is 4.91. The minimum atomic E-state index is -0.666. The van der Waals surface area contributed by atoms with Crippen LogP contribution in [0.5, 0.6) is 5.75 Å². The van der Waals surface area contributed by atoms with Crippen LogP contribution in [0.4, 0.5) is 5.69 Å². The molecule has 0 radical (unpaired) electrons. The van der Waals surface area contributed by atoms with Gasteiger partial charge in [-0.15, -0.1) is 0 Å². The number of carbonyl (C=O) groups is 2. The topological polar surface area (TPSA) is 70.1 Å². The molecule has 6 heteroatoms. The first-order valence-corrected chi connectivity index (χ1v) is 13.2. The van der Waals surface area contributed by atoms with Crippen molar-refractivity contribution in [3.05, 3.63) is 100 Å². The monoisotopic (exact) mass is 510 g/mol. The second-order valence-electron chi connectivity index (χ2n) is 10.3. The van der Waals surface area contributed by atoms with Gasteiger partial charge in [0.15, 0.2) is 0 Å². The van der Waals surface area contributed by atoms with Crippen molar-refractivity contribution in [1.82, 2.24) is 4.90 Å². The lowest BCUT2D eigenvalue weighted by atomic mass is 9.88. The van der Waals surface area contributed by atoms with Crippen molar-refractivity contribution in [3.8, 4) is 5.75 Å². The highest BCUT2D eigenvalue weighted by molar-refractivity contribution is 6.46. The zero-order valence-electron chi connectivity index (χ0n) is 22.2. The molecule has 0 spiro atoms. The average molecular weight is 511 g/mol. The number of nitrogens with zero attached hydrogens (tertiary/aromatic N) is 2. The fourth-order valence-electron chi connectivity index (χ4n) is 5.49. The molecule has 5 rings (SSSR count). The van der Waals surface area contributed by atoms with Gasteiger partial charge in [0.25, 0.3) is 11.7 Å². The van der Waals surface area contributed by atoms with Crippen LogP contribution in [0.1, 0.15) is 46.7 Å². The maximum Gasteiger partial charge on any atom is 0.295 e. The van der Waals surface area contributed by atoms with E-state index < -0.39 is 17.7 Å². The number of benzene rings is 3. The summed E-state index contributed by atoms with van der Waals surface area (Å²) >= 11 is 0. The van der Waals surface area contributed by atoms with E-state index in [-0.39, 0.29) is 11.3 Å². The Labute approximate surface area is 224 Å². The summed E-state index contributed by atoms with van der Waals surface area (Å²) in [5.74, 6) is -0.568. The molecule has 38 heavy (non-hydrogen) atoms. The predicted molar refractivity (Wildman–Crippen MR) is 150 cm³/mol. The smallest absolute Gasteiger partial charge is 0.295 e. The van der Waals surface area contributed by atoms with Crippen molar-refractivity contribution in [2.24, 2.45) is 0 Å². The molecule has 1 fully saturated rings. The average Bonchev–Trinajstić information content (AvgIpc) is 3.20. The summed E-state index contributed by atoms with van der Waals surface area (Å²) in [6, 6.07) is 20.7. The van der Waals surface area contributed by atoms with Gasteiger partial charge in [0.1, 0.15) is 11.5 Å². The third-order valence-corrected chi connectivity index (χ3v) is 7.69. The molecule has 1 heterocycles.